The molecule has 1 saturated carbocycles. The summed E-state index contributed by atoms with van der Waals surface area (Å²) in [4.78, 5) is 16.1. The van der Waals surface area contributed by atoms with Gasteiger partial charge in [0, 0.05) is 18.5 Å². The standard InChI is InChI=1S/C15H17N5O/c16-10-15(4-2-1-3-5-15)13-8-12(9-14(21)20(13)17)19-7-6-18-11-19/h6-9,11H,1-5,17H2. The second-order valence-electron chi connectivity index (χ2n) is 5.53. The molecule has 21 heavy (non-hydrogen) atoms. The molecule has 1 aliphatic rings. The topological polar surface area (TPSA) is 89.6 Å². The van der Waals surface area contributed by atoms with Crippen LogP contribution in [0.2, 0.25) is 0 Å². The number of nitrogens with zero attached hydrogens (tertiary/aromatic N) is 4. The van der Waals surface area contributed by atoms with Crippen molar-refractivity contribution >= 4 is 0 Å². The Bertz CT molecular complexity index is 732. The van der Waals surface area contributed by atoms with Crippen molar-refractivity contribution in [2.75, 3.05) is 5.84 Å². The summed E-state index contributed by atoms with van der Waals surface area (Å²) in [6, 6.07) is 5.70. The zero-order valence-electron chi connectivity index (χ0n) is 11.7. The molecule has 1 fully saturated rings. The van der Waals surface area contributed by atoms with E-state index in [0.717, 1.165) is 36.8 Å². The highest BCUT2D eigenvalue weighted by Gasteiger charge is 2.37. The fourth-order valence-corrected chi connectivity index (χ4v) is 3.08. The van der Waals surface area contributed by atoms with Gasteiger partial charge in [-0.1, -0.05) is 19.3 Å². The summed E-state index contributed by atoms with van der Waals surface area (Å²) in [5, 5.41) is 9.69. The molecule has 2 aromatic rings. The summed E-state index contributed by atoms with van der Waals surface area (Å²) in [6.07, 6.45) is 9.61. The molecule has 0 unspecified atom stereocenters. The van der Waals surface area contributed by atoms with Crippen LogP contribution in [-0.2, 0) is 5.41 Å². The van der Waals surface area contributed by atoms with Gasteiger partial charge in [0.05, 0.1) is 29.2 Å². The van der Waals surface area contributed by atoms with E-state index in [1.165, 1.54) is 6.07 Å². The number of hydrogen-bond acceptors (Lipinski definition) is 4. The lowest BCUT2D eigenvalue weighted by molar-refractivity contribution is 0.351. The van der Waals surface area contributed by atoms with Gasteiger partial charge >= 0.3 is 0 Å². The molecule has 0 saturated heterocycles. The minimum Gasteiger partial charge on any atom is -0.336 e. The van der Waals surface area contributed by atoms with E-state index in [0.29, 0.717) is 11.4 Å². The monoisotopic (exact) mass is 283 g/mol. The van der Waals surface area contributed by atoms with Crippen LogP contribution in [-0.4, -0.2) is 14.2 Å². The van der Waals surface area contributed by atoms with Gasteiger partial charge < -0.3 is 10.4 Å². The van der Waals surface area contributed by atoms with Gasteiger partial charge in [-0.25, -0.2) is 9.66 Å². The predicted molar refractivity (Wildman–Crippen MR) is 78.4 cm³/mol. The highest BCUT2D eigenvalue weighted by Crippen LogP contribution is 2.38. The first kappa shape index (κ1) is 13.4. The molecule has 0 amide bonds. The van der Waals surface area contributed by atoms with Crippen LogP contribution in [0.1, 0.15) is 37.8 Å². The van der Waals surface area contributed by atoms with Gasteiger partial charge in [0.2, 0.25) is 0 Å². The molecular formula is C15H17N5O. The molecule has 0 bridgehead atoms. The van der Waals surface area contributed by atoms with Gasteiger partial charge in [-0.15, -0.1) is 0 Å². The van der Waals surface area contributed by atoms with Crippen LogP contribution >= 0.6 is 0 Å². The lowest BCUT2D eigenvalue weighted by Crippen LogP contribution is -2.39. The first-order valence-electron chi connectivity index (χ1n) is 7.08. The van der Waals surface area contributed by atoms with Gasteiger partial charge in [-0.3, -0.25) is 4.79 Å². The Morgan fingerprint density at radius 2 is 2.05 bits per heavy atom. The molecule has 0 spiro atoms. The Morgan fingerprint density at radius 3 is 2.67 bits per heavy atom. The summed E-state index contributed by atoms with van der Waals surface area (Å²) < 4.78 is 2.87. The molecule has 2 heterocycles. The molecule has 0 atom stereocenters. The normalized spacial score (nSPS) is 17.3. The van der Waals surface area contributed by atoms with E-state index in [1.54, 1.807) is 23.3 Å². The van der Waals surface area contributed by atoms with Crippen LogP contribution < -0.4 is 11.4 Å². The highest BCUT2D eigenvalue weighted by atomic mass is 16.1. The van der Waals surface area contributed by atoms with Crippen LogP contribution in [0.5, 0.6) is 0 Å². The first-order valence-corrected chi connectivity index (χ1v) is 7.08. The maximum Gasteiger partial charge on any atom is 0.270 e. The van der Waals surface area contributed by atoms with Gasteiger partial charge in [-0.2, -0.15) is 5.26 Å². The van der Waals surface area contributed by atoms with Crippen molar-refractivity contribution in [2.45, 2.75) is 37.5 Å². The Labute approximate surface area is 122 Å². The Balaban J connectivity index is 2.18. The lowest BCUT2D eigenvalue weighted by atomic mass is 9.72. The fraction of sp³-hybridized carbons (Fsp3) is 0.400. The van der Waals surface area contributed by atoms with Crippen LogP contribution in [0.4, 0.5) is 0 Å². The zero-order chi connectivity index (χ0) is 14.9. The minimum atomic E-state index is -0.664. The molecular weight excluding hydrogens is 266 g/mol. The molecule has 108 valence electrons. The van der Waals surface area contributed by atoms with Crippen LogP contribution in [0.15, 0.2) is 35.6 Å². The summed E-state index contributed by atoms with van der Waals surface area (Å²) in [7, 11) is 0. The molecule has 0 aliphatic heterocycles. The highest BCUT2D eigenvalue weighted by molar-refractivity contribution is 5.39. The number of aromatic nitrogens is 3. The maximum atomic E-state index is 12.2. The number of nitrogen functional groups attached to an aromatic ring is 1. The summed E-state index contributed by atoms with van der Waals surface area (Å²) >= 11 is 0. The number of nitrogens with two attached hydrogens (primary N) is 1. The summed E-state index contributed by atoms with van der Waals surface area (Å²) in [6.45, 7) is 0. The Hall–Kier alpha value is -2.55. The van der Waals surface area contributed by atoms with E-state index in [2.05, 4.69) is 11.1 Å². The number of imidazole rings is 1. The van der Waals surface area contributed by atoms with Crippen molar-refractivity contribution < 1.29 is 0 Å². The van der Waals surface area contributed by atoms with E-state index < -0.39 is 5.41 Å². The molecule has 3 rings (SSSR count). The fourth-order valence-electron chi connectivity index (χ4n) is 3.08. The van der Waals surface area contributed by atoms with E-state index in [9.17, 15) is 10.1 Å². The van der Waals surface area contributed by atoms with E-state index >= 15 is 0 Å². The van der Waals surface area contributed by atoms with Crippen LogP contribution in [0.25, 0.3) is 5.69 Å². The Kier molecular flexibility index (Phi) is 3.26. The minimum absolute atomic E-state index is 0.309. The molecule has 6 heteroatoms. The molecule has 2 aromatic heterocycles. The number of nitriles is 1. The van der Waals surface area contributed by atoms with Gasteiger partial charge in [0.25, 0.3) is 5.56 Å². The van der Waals surface area contributed by atoms with Crippen molar-refractivity contribution in [2.24, 2.45) is 0 Å². The third kappa shape index (κ3) is 2.21. The van der Waals surface area contributed by atoms with Crippen molar-refractivity contribution in [3.63, 3.8) is 0 Å². The van der Waals surface area contributed by atoms with Crippen molar-refractivity contribution in [1.29, 1.82) is 5.26 Å². The van der Waals surface area contributed by atoms with E-state index in [1.807, 2.05) is 6.07 Å². The number of hydrogen-bond donors (Lipinski definition) is 1. The average molecular weight is 283 g/mol. The number of rotatable bonds is 2. The Morgan fingerprint density at radius 1 is 1.29 bits per heavy atom. The third-order valence-electron chi connectivity index (χ3n) is 4.27. The smallest absolute Gasteiger partial charge is 0.270 e. The second-order valence-corrected chi connectivity index (χ2v) is 5.53. The molecule has 0 radical (unpaired) electrons. The summed E-state index contributed by atoms with van der Waals surface area (Å²) in [5.74, 6) is 5.92. The van der Waals surface area contributed by atoms with Crippen molar-refractivity contribution in [1.82, 2.24) is 14.2 Å². The quantitative estimate of drug-likeness (QED) is 0.845. The average Bonchev–Trinajstić information content (AvgIpc) is 3.05. The van der Waals surface area contributed by atoms with E-state index in [4.69, 9.17) is 5.84 Å². The SMILES string of the molecule is N#CC1(c2cc(-n3ccnc3)cc(=O)n2N)CCCCC1. The second kappa shape index (κ2) is 5.09. The van der Waals surface area contributed by atoms with Crippen molar-refractivity contribution in [3.05, 3.63) is 46.9 Å². The van der Waals surface area contributed by atoms with Gasteiger partial charge in [-0.05, 0) is 18.9 Å². The third-order valence-corrected chi connectivity index (χ3v) is 4.27. The predicted octanol–water partition coefficient (Wildman–Crippen LogP) is 1.47. The number of pyridine rings is 1. The van der Waals surface area contributed by atoms with Crippen molar-refractivity contribution in [3.8, 4) is 11.8 Å². The summed E-state index contributed by atoms with van der Waals surface area (Å²) in [5.41, 5.74) is 0.314. The maximum absolute atomic E-state index is 12.2. The van der Waals surface area contributed by atoms with Crippen LogP contribution in [0.3, 0.4) is 0 Å². The molecule has 1 aliphatic carbocycles. The lowest BCUT2D eigenvalue weighted by Gasteiger charge is -2.32. The zero-order valence-corrected chi connectivity index (χ0v) is 11.7. The molecule has 0 aromatic carbocycles. The van der Waals surface area contributed by atoms with Gasteiger partial charge in [0.15, 0.2) is 0 Å². The van der Waals surface area contributed by atoms with Crippen LogP contribution in [0, 0.1) is 11.3 Å². The first-order chi connectivity index (χ1) is 10.2. The van der Waals surface area contributed by atoms with E-state index in [-0.39, 0.29) is 5.56 Å². The molecule has 6 nitrogen and oxygen atoms in total. The largest absolute Gasteiger partial charge is 0.336 e. The molecule has 2 N–H and O–H groups in total. The van der Waals surface area contributed by atoms with Gasteiger partial charge in [0.1, 0.15) is 0 Å².